The summed E-state index contributed by atoms with van der Waals surface area (Å²) in [7, 11) is 0. The number of rotatable bonds is 3. The lowest BCUT2D eigenvalue weighted by molar-refractivity contribution is 0.497. The molecule has 0 saturated carbocycles. The van der Waals surface area contributed by atoms with Gasteiger partial charge in [-0.2, -0.15) is 0 Å². The van der Waals surface area contributed by atoms with Crippen LogP contribution in [-0.4, -0.2) is 9.97 Å². The van der Waals surface area contributed by atoms with Crippen LogP contribution in [0.2, 0.25) is 0 Å². The number of nitrogens with zero attached hydrogens (tertiary/aromatic N) is 1. The molecule has 0 saturated heterocycles. The van der Waals surface area contributed by atoms with Crippen LogP contribution < -0.4 is 0 Å². The Morgan fingerprint density at radius 3 is 2.45 bits per heavy atom. The standard InChI is InChI=1S/C16H12F2N2/c17-13-8-4-7-12(16(13)18)15(14-9-19-10-20-14)11-5-2-1-3-6-11/h1-10,15H,(H,19,20). The van der Waals surface area contributed by atoms with E-state index in [0.717, 1.165) is 17.3 Å². The fourth-order valence-corrected chi connectivity index (χ4v) is 2.34. The largest absolute Gasteiger partial charge is 0.348 e. The minimum Gasteiger partial charge on any atom is -0.348 e. The van der Waals surface area contributed by atoms with E-state index in [1.54, 1.807) is 12.3 Å². The van der Waals surface area contributed by atoms with Gasteiger partial charge >= 0.3 is 0 Å². The zero-order valence-electron chi connectivity index (χ0n) is 10.6. The molecule has 1 unspecified atom stereocenters. The van der Waals surface area contributed by atoms with Crippen molar-refractivity contribution in [1.82, 2.24) is 9.97 Å². The second kappa shape index (κ2) is 5.25. The van der Waals surface area contributed by atoms with Gasteiger partial charge in [-0.15, -0.1) is 0 Å². The fourth-order valence-electron chi connectivity index (χ4n) is 2.34. The van der Waals surface area contributed by atoms with Gasteiger partial charge in [-0.3, -0.25) is 0 Å². The Morgan fingerprint density at radius 1 is 0.950 bits per heavy atom. The van der Waals surface area contributed by atoms with Crippen LogP contribution in [0.1, 0.15) is 22.7 Å². The highest BCUT2D eigenvalue weighted by Crippen LogP contribution is 2.32. The maximum Gasteiger partial charge on any atom is 0.163 e. The summed E-state index contributed by atoms with van der Waals surface area (Å²) in [6.45, 7) is 0. The molecule has 3 rings (SSSR count). The lowest BCUT2D eigenvalue weighted by Gasteiger charge is -2.17. The maximum absolute atomic E-state index is 14.1. The van der Waals surface area contributed by atoms with Gasteiger partial charge in [0, 0.05) is 17.5 Å². The van der Waals surface area contributed by atoms with Crippen LogP contribution >= 0.6 is 0 Å². The van der Waals surface area contributed by atoms with E-state index in [1.165, 1.54) is 12.4 Å². The summed E-state index contributed by atoms with van der Waals surface area (Å²) in [5.74, 6) is -2.08. The number of aromatic nitrogens is 2. The first kappa shape index (κ1) is 12.5. The predicted molar refractivity (Wildman–Crippen MR) is 72.3 cm³/mol. The van der Waals surface area contributed by atoms with Crippen molar-refractivity contribution >= 4 is 0 Å². The first-order valence-corrected chi connectivity index (χ1v) is 6.24. The minimum absolute atomic E-state index is 0.292. The smallest absolute Gasteiger partial charge is 0.163 e. The van der Waals surface area contributed by atoms with Gasteiger partial charge in [0.15, 0.2) is 11.6 Å². The SMILES string of the molecule is Fc1cccc(C(c2ccccc2)c2cnc[nH]2)c1F. The highest BCUT2D eigenvalue weighted by Gasteiger charge is 2.22. The van der Waals surface area contributed by atoms with Gasteiger partial charge in [-0.1, -0.05) is 42.5 Å². The van der Waals surface area contributed by atoms with Crippen LogP contribution in [0.25, 0.3) is 0 Å². The molecular formula is C16H12F2N2. The van der Waals surface area contributed by atoms with E-state index in [1.807, 2.05) is 30.3 Å². The summed E-state index contributed by atoms with van der Waals surface area (Å²) in [5.41, 5.74) is 1.89. The number of H-pyrrole nitrogens is 1. The molecule has 1 heterocycles. The zero-order valence-corrected chi connectivity index (χ0v) is 10.6. The molecule has 1 N–H and O–H groups in total. The van der Waals surface area contributed by atoms with Crippen LogP contribution in [0.5, 0.6) is 0 Å². The summed E-state index contributed by atoms with van der Waals surface area (Å²) in [4.78, 5) is 6.96. The predicted octanol–water partition coefficient (Wildman–Crippen LogP) is 3.87. The average molecular weight is 270 g/mol. The normalized spacial score (nSPS) is 12.3. The van der Waals surface area contributed by atoms with Crippen LogP contribution in [-0.2, 0) is 0 Å². The molecule has 1 aromatic heterocycles. The van der Waals surface area contributed by atoms with Crippen LogP contribution in [0.3, 0.4) is 0 Å². The molecule has 20 heavy (non-hydrogen) atoms. The first-order chi connectivity index (χ1) is 9.77. The van der Waals surface area contributed by atoms with Crippen molar-refractivity contribution in [3.05, 3.63) is 89.5 Å². The Balaban J connectivity index is 2.19. The van der Waals surface area contributed by atoms with Crippen LogP contribution in [0.15, 0.2) is 61.1 Å². The number of halogens is 2. The second-order valence-electron chi connectivity index (χ2n) is 4.49. The number of hydrogen-bond acceptors (Lipinski definition) is 1. The Morgan fingerprint density at radius 2 is 1.75 bits per heavy atom. The van der Waals surface area contributed by atoms with Crippen molar-refractivity contribution in [3.63, 3.8) is 0 Å². The Hall–Kier alpha value is -2.49. The molecular weight excluding hydrogens is 258 g/mol. The van der Waals surface area contributed by atoms with Gasteiger partial charge in [0.25, 0.3) is 0 Å². The molecule has 100 valence electrons. The zero-order chi connectivity index (χ0) is 13.9. The van der Waals surface area contributed by atoms with Crippen molar-refractivity contribution in [3.8, 4) is 0 Å². The first-order valence-electron chi connectivity index (χ1n) is 6.24. The molecule has 2 aromatic carbocycles. The molecule has 0 fully saturated rings. The molecule has 4 heteroatoms. The van der Waals surface area contributed by atoms with Gasteiger partial charge in [0.2, 0.25) is 0 Å². The number of benzene rings is 2. The Labute approximate surface area is 115 Å². The van der Waals surface area contributed by atoms with Crippen LogP contribution in [0, 0.1) is 11.6 Å². The minimum atomic E-state index is -0.844. The highest BCUT2D eigenvalue weighted by atomic mass is 19.2. The highest BCUT2D eigenvalue weighted by molar-refractivity contribution is 5.40. The van der Waals surface area contributed by atoms with Gasteiger partial charge in [0.1, 0.15) is 0 Å². The van der Waals surface area contributed by atoms with Gasteiger partial charge in [-0.25, -0.2) is 13.8 Å². The van der Waals surface area contributed by atoms with Gasteiger partial charge in [-0.05, 0) is 11.6 Å². The molecule has 0 radical (unpaired) electrons. The molecule has 0 aliphatic rings. The lowest BCUT2D eigenvalue weighted by Crippen LogP contribution is -2.07. The van der Waals surface area contributed by atoms with E-state index >= 15 is 0 Å². The van der Waals surface area contributed by atoms with E-state index in [9.17, 15) is 8.78 Å². The monoisotopic (exact) mass is 270 g/mol. The summed E-state index contributed by atoms with van der Waals surface area (Å²) in [6, 6.07) is 13.6. The Bertz CT molecular complexity index is 694. The topological polar surface area (TPSA) is 28.7 Å². The number of hydrogen-bond donors (Lipinski definition) is 1. The Kier molecular flexibility index (Phi) is 3.29. The molecule has 0 spiro atoms. The number of imidazole rings is 1. The molecule has 0 aliphatic carbocycles. The fraction of sp³-hybridized carbons (Fsp3) is 0.0625. The number of nitrogens with one attached hydrogen (secondary N) is 1. The third-order valence-electron chi connectivity index (χ3n) is 3.26. The van der Waals surface area contributed by atoms with Crippen LogP contribution in [0.4, 0.5) is 8.78 Å². The quantitative estimate of drug-likeness (QED) is 0.769. The van der Waals surface area contributed by atoms with Crippen molar-refractivity contribution in [1.29, 1.82) is 0 Å². The van der Waals surface area contributed by atoms with Gasteiger partial charge in [0.05, 0.1) is 12.2 Å². The number of aromatic amines is 1. The van der Waals surface area contributed by atoms with Crippen molar-refractivity contribution in [2.75, 3.05) is 0 Å². The molecule has 2 nitrogen and oxygen atoms in total. The van der Waals surface area contributed by atoms with Crippen molar-refractivity contribution in [2.24, 2.45) is 0 Å². The molecule has 0 aliphatic heterocycles. The van der Waals surface area contributed by atoms with E-state index in [0.29, 0.717) is 5.56 Å². The average Bonchev–Trinajstić information content (AvgIpc) is 2.99. The molecule has 1 atom stereocenters. The van der Waals surface area contributed by atoms with E-state index in [4.69, 9.17) is 0 Å². The summed E-state index contributed by atoms with van der Waals surface area (Å²) in [6.07, 6.45) is 3.16. The third-order valence-corrected chi connectivity index (χ3v) is 3.26. The maximum atomic E-state index is 14.1. The molecule has 0 amide bonds. The van der Waals surface area contributed by atoms with Crippen molar-refractivity contribution in [2.45, 2.75) is 5.92 Å². The third kappa shape index (κ3) is 2.20. The van der Waals surface area contributed by atoms with E-state index in [2.05, 4.69) is 9.97 Å². The summed E-state index contributed by atoms with van der Waals surface area (Å²) >= 11 is 0. The molecule has 0 bridgehead atoms. The summed E-state index contributed by atoms with van der Waals surface area (Å²) < 4.78 is 27.6. The second-order valence-corrected chi connectivity index (χ2v) is 4.49. The lowest BCUT2D eigenvalue weighted by atomic mass is 9.88. The summed E-state index contributed by atoms with van der Waals surface area (Å²) in [5, 5.41) is 0. The van der Waals surface area contributed by atoms with E-state index < -0.39 is 17.6 Å². The van der Waals surface area contributed by atoms with E-state index in [-0.39, 0.29) is 0 Å². The molecule has 3 aromatic rings. The van der Waals surface area contributed by atoms with Crippen molar-refractivity contribution < 1.29 is 8.78 Å². The van der Waals surface area contributed by atoms with Gasteiger partial charge < -0.3 is 4.98 Å².